The van der Waals surface area contributed by atoms with E-state index in [1.807, 2.05) is 24.3 Å². The fourth-order valence-electron chi connectivity index (χ4n) is 6.13. The van der Waals surface area contributed by atoms with Gasteiger partial charge in [0.2, 0.25) is 23.6 Å². The quantitative estimate of drug-likeness (QED) is 0.106. The number of phenolic OH excluding ortho intramolecular Hbond substituents is 1. The van der Waals surface area contributed by atoms with Crippen LogP contribution in [0.3, 0.4) is 0 Å². The second-order valence-corrected chi connectivity index (χ2v) is 13.2. The molecule has 1 unspecified atom stereocenters. The minimum absolute atomic E-state index is 0.0143. The van der Waals surface area contributed by atoms with Crippen molar-refractivity contribution in [1.29, 1.82) is 0 Å². The predicted octanol–water partition coefficient (Wildman–Crippen LogP) is 3.09. The smallest absolute Gasteiger partial charge is 0.326 e. The number of rotatable bonds is 14. The highest BCUT2D eigenvalue weighted by Crippen LogP contribution is 2.25. The molecule has 1 aliphatic heterocycles. The van der Waals surface area contributed by atoms with Crippen LogP contribution >= 0.6 is 15.9 Å². The third kappa shape index (κ3) is 10.0. The Balaban J connectivity index is 1.40. The summed E-state index contributed by atoms with van der Waals surface area (Å²) in [6, 6.07) is 24.9. The van der Waals surface area contributed by atoms with Crippen LogP contribution in [-0.2, 0) is 56.2 Å². The van der Waals surface area contributed by atoms with Crippen LogP contribution in [0.1, 0.15) is 27.8 Å². The Kier molecular flexibility index (Phi) is 12.8. The minimum Gasteiger partial charge on any atom is -0.508 e. The van der Waals surface area contributed by atoms with Gasteiger partial charge in [0.05, 0.1) is 11.4 Å². The standard InChI is InChI=1S/C39H40BrN5O7/c40-22-35(47)42-29-14-10-26(11-15-29)19-32(36(48)44-33(39(51)52)20-24-6-2-1-3-7-24)43-37(49)34-21-27-8-4-5-9-28(27)23-45(34)38(50)31(41)18-25-12-16-30(46)17-13-25/h1-17,31-34,46H,18-23,41H2,(H,42,47)(H,43,49)(H,44,48)(H,51,52)/t31-,32-,33?,34-/m0/s1. The zero-order valence-electron chi connectivity index (χ0n) is 28.2. The van der Waals surface area contributed by atoms with Gasteiger partial charge in [0.15, 0.2) is 0 Å². The van der Waals surface area contributed by atoms with Gasteiger partial charge in [-0.1, -0.05) is 94.8 Å². The van der Waals surface area contributed by atoms with Gasteiger partial charge < -0.3 is 36.8 Å². The van der Waals surface area contributed by atoms with Crippen molar-refractivity contribution in [2.75, 3.05) is 10.6 Å². The Morgan fingerprint density at radius 1 is 0.750 bits per heavy atom. The minimum atomic E-state index is -1.28. The van der Waals surface area contributed by atoms with Crippen molar-refractivity contribution >= 4 is 51.2 Å². The van der Waals surface area contributed by atoms with Crippen LogP contribution in [-0.4, -0.2) is 74.2 Å². The van der Waals surface area contributed by atoms with Crippen LogP contribution in [0.2, 0.25) is 0 Å². The molecule has 0 aliphatic carbocycles. The van der Waals surface area contributed by atoms with Crippen molar-refractivity contribution in [3.05, 3.63) is 131 Å². The molecule has 12 nitrogen and oxygen atoms in total. The molecule has 1 heterocycles. The first kappa shape index (κ1) is 37.7. The molecule has 4 aromatic rings. The largest absolute Gasteiger partial charge is 0.508 e. The summed E-state index contributed by atoms with van der Waals surface area (Å²) in [5.74, 6) is -3.18. The molecule has 1 aliphatic rings. The van der Waals surface area contributed by atoms with Gasteiger partial charge in [-0.3, -0.25) is 19.2 Å². The first-order valence-electron chi connectivity index (χ1n) is 16.7. The van der Waals surface area contributed by atoms with Crippen LogP contribution in [0, 0.1) is 0 Å². The number of phenols is 1. The van der Waals surface area contributed by atoms with Crippen LogP contribution < -0.4 is 21.7 Å². The Hall–Kier alpha value is -5.53. The summed E-state index contributed by atoms with van der Waals surface area (Å²) in [4.78, 5) is 67.6. The van der Waals surface area contributed by atoms with Gasteiger partial charge >= 0.3 is 5.97 Å². The van der Waals surface area contributed by atoms with Gasteiger partial charge in [-0.25, -0.2) is 4.79 Å². The summed E-state index contributed by atoms with van der Waals surface area (Å²) in [7, 11) is 0. The van der Waals surface area contributed by atoms with Crippen molar-refractivity contribution in [3.8, 4) is 5.75 Å². The number of carboxylic acid groups (broad SMARTS) is 1. The lowest BCUT2D eigenvalue weighted by Gasteiger charge is -2.38. The molecule has 7 N–H and O–H groups in total. The summed E-state index contributed by atoms with van der Waals surface area (Å²) in [6.45, 7) is 0.118. The molecule has 4 aromatic carbocycles. The number of fused-ring (bicyclic) bond motifs is 1. The van der Waals surface area contributed by atoms with E-state index in [0.717, 1.165) is 16.7 Å². The van der Waals surface area contributed by atoms with E-state index < -0.39 is 47.9 Å². The molecular weight excluding hydrogens is 730 g/mol. The number of carboxylic acids is 1. The Labute approximate surface area is 309 Å². The first-order valence-corrected chi connectivity index (χ1v) is 17.9. The molecule has 0 bridgehead atoms. The average Bonchev–Trinajstić information content (AvgIpc) is 3.15. The van der Waals surface area contributed by atoms with Gasteiger partial charge in [-0.05, 0) is 58.5 Å². The molecule has 0 saturated carbocycles. The van der Waals surface area contributed by atoms with E-state index in [2.05, 4.69) is 31.9 Å². The monoisotopic (exact) mass is 769 g/mol. The molecule has 13 heteroatoms. The number of halogens is 1. The van der Waals surface area contributed by atoms with Crippen molar-refractivity contribution in [2.24, 2.45) is 5.73 Å². The number of hydrogen-bond donors (Lipinski definition) is 6. The fraction of sp³-hybridized carbons (Fsp3) is 0.256. The number of anilines is 1. The number of amides is 4. The lowest BCUT2D eigenvalue weighted by atomic mass is 9.92. The summed E-state index contributed by atoms with van der Waals surface area (Å²) >= 11 is 3.11. The van der Waals surface area contributed by atoms with Gasteiger partial charge in [0, 0.05) is 31.5 Å². The zero-order valence-corrected chi connectivity index (χ0v) is 29.8. The molecule has 270 valence electrons. The first-order chi connectivity index (χ1) is 25.0. The number of hydrogen-bond acceptors (Lipinski definition) is 7. The summed E-state index contributed by atoms with van der Waals surface area (Å²) in [5.41, 5.74) is 10.7. The third-order valence-electron chi connectivity index (χ3n) is 8.87. The van der Waals surface area contributed by atoms with Crippen molar-refractivity contribution in [3.63, 3.8) is 0 Å². The number of alkyl halides is 1. The number of carbonyl (C=O) groups excluding carboxylic acids is 4. The number of carbonyl (C=O) groups is 5. The maximum Gasteiger partial charge on any atom is 0.326 e. The van der Waals surface area contributed by atoms with Crippen molar-refractivity contribution < 1.29 is 34.2 Å². The van der Waals surface area contributed by atoms with E-state index in [1.165, 1.54) is 17.0 Å². The molecule has 0 fully saturated rings. The topological polar surface area (TPSA) is 191 Å². The zero-order chi connectivity index (χ0) is 37.2. The molecule has 4 amide bonds. The Morgan fingerprint density at radius 3 is 1.98 bits per heavy atom. The van der Waals surface area contributed by atoms with Crippen LogP contribution in [0.4, 0.5) is 5.69 Å². The molecule has 0 spiro atoms. The maximum atomic E-state index is 14.2. The van der Waals surface area contributed by atoms with E-state index in [4.69, 9.17) is 5.73 Å². The number of aliphatic carboxylic acids is 1. The molecule has 4 atom stereocenters. The SMILES string of the molecule is N[C@@H](Cc1ccc(O)cc1)C(=O)N1Cc2ccccc2C[C@H]1C(=O)N[C@@H](Cc1ccc(NC(=O)CBr)cc1)C(=O)NC(Cc1ccccc1)C(=O)O. The normalized spacial score (nSPS) is 15.3. The highest BCUT2D eigenvalue weighted by Gasteiger charge is 2.38. The van der Waals surface area contributed by atoms with Crippen LogP contribution in [0.15, 0.2) is 103 Å². The van der Waals surface area contributed by atoms with Crippen molar-refractivity contribution in [1.82, 2.24) is 15.5 Å². The van der Waals surface area contributed by atoms with E-state index in [-0.39, 0.29) is 49.2 Å². The average molecular weight is 771 g/mol. The highest BCUT2D eigenvalue weighted by molar-refractivity contribution is 9.09. The number of nitrogens with one attached hydrogen (secondary N) is 3. The second-order valence-electron chi connectivity index (χ2n) is 12.7. The Morgan fingerprint density at radius 2 is 1.33 bits per heavy atom. The van der Waals surface area contributed by atoms with Gasteiger partial charge in [0.1, 0.15) is 23.9 Å². The summed E-state index contributed by atoms with van der Waals surface area (Å²) < 4.78 is 0. The number of benzene rings is 4. The lowest BCUT2D eigenvalue weighted by Crippen LogP contribution is -2.60. The fourth-order valence-corrected chi connectivity index (χ4v) is 6.27. The molecule has 52 heavy (non-hydrogen) atoms. The number of aromatic hydroxyl groups is 1. The molecular formula is C39H40BrN5O7. The maximum absolute atomic E-state index is 14.2. The summed E-state index contributed by atoms with van der Waals surface area (Å²) in [6.07, 6.45) is 0.340. The van der Waals surface area contributed by atoms with Gasteiger partial charge in [-0.2, -0.15) is 0 Å². The second kappa shape index (κ2) is 17.6. The van der Waals surface area contributed by atoms with E-state index in [9.17, 15) is 34.2 Å². The van der Waals surface area contributed by atoms with Crippen molar-refractivity contribution in [2.45, 2.75) is 56.4 Å². The molecule has 0 aromatic heterocycles. The summed E-state index contributed by atoms with van der Waals surface area (Å²) in [5, 5.41) is 28.0. The number of nitrogens with two attached hydrogens (primary N) is 1. The molecule has 0 radical (unpaired) electrons. The predicted molar refractivity (Wildman–Crippen MR) is 198 cm³/mol. The van der Waals surface area contributed by atoms with Crippen LogP contribution in [0.5, 0.6) is 5.75 Å². The van der Waals surface area contributed by atoms with E-state index >= 15 is 0 Å². The van der Waals surface area contributed by atoms with Gasteiger partial charge in [-0.15, -0.1) is 0 Å². The highest BCUT2D eigenvalue weighted by atomic mass is 79.9. The third-order valence-corrected chi connectivity index (χ3v) is 9.38. The number of nitrogens with zero attached hydrogens (tertiary/aromatic N) is 1. The van der Waals surface area contributed by atoms with E-state index in [0.29, 0.717) is 16.8 Å². The lowest BCUT2D eigenvalue weighted by molar-refractivity contribution is -0.144. The molecule has 0 saturated heterocycles. The van der Waals surface area contributed by atoms with Crippen LogP contribution in [0.25, 0.3) is 0 Å². The Bertz CT molecular complexity index is 1890. The van der Waals surface area contributed by atoms with Gasteiger partial charge in [0.25, 0.3) is 0 Å². The molecule has 5 rings (SSSR count). The van der Waals surface area contributed by atoms with E-state index in [1.54, 1.807) is 66.7 Å².